The first kappa shape index (κ1) is 25.4. The van der Waals surface area contributed by atoms with Crippen LogP contribution in [-0.2, 0) is 25.7 Å². The van der Waals surface area contributed by atoms with E-state index in [1.165, 1.54) is 38.5 Å². The molecule has 0 amide bonds. The predicted molar refractivity (Wildman–Crippen MR) is 120 cm³/mol. The summed E-state index contributed by atoms with van der Waals surface area (Å²) in [4.78, 5) is 23.6. The third-order valence-corrected chi connectivity index (χ3v) is 4.34. The third kappa shape index (κ3) is 8.32. The minimum atomic E-state index is -1.20. The van der Waals surface area contributed by atoms with Gasteiger partial charge in [-0.15, -0.1) is 0 Å². The fourth-order valence-electron chi connectivity index (χ4n) is 2.64. The zero-order valence-electron chi connectivity index (χ0n) is 18.3. The molecule has 0 fully saturated rings. The Morgan fingerprint density at radius 3 is 1.94 bits per heavy atom. The minimum absolute atomic E-state index is 0.0689. The Labute approximate surface area is 191 Å². The number of aromatic hydroxyl groups is 1. The fraction of sp³-hybridized carbons (Fsp3) is 0.250. The minimum Gasteiger partial charge on any atom is -0.504 e. The Hall–Kier alpha value is -3.82. The second-order valence-electron chi connectivity index (χ2n) is 6.74. The molecule has 0 aliphatic heterocycles. The molecule has 0 radical (unpaired) electrons. The molecule has 0 saturated carbocycles. The lowest BCUT2D eigenvalue weighted by molar-refractivity contribution is -0.146. The second-order valence-corrected chi connectivity index (χ2v) is 6.74. The largest absolute Gasteiger partial charge is 0.504 e. The molecule has 0 bridgehead atoms. The summed E-state index contributed by atoms with van der Waals surface area (Å²) in [6.45, 7) is -0.897. The van der Waals surface area contributed by atoms with Crippen molar-refractivity contribution in [2.75, 3.05) is 27.4 Å². The fourth-order valence-corrected chi connectivity index (χ4v) is 2.64. The van der Waals surface area contributed by atoms with Crippen LogP contribution >= 0.6 is 0 Å². The van der Waals surface area contributed by atoms with Crippen LogP contribution in [0.5, 0.6) is 17.2 Å². The molecule has 33 heavy (non-hydrogen) atoms. The SMILES string of the molecule is COc1ccc(/C=C/C(=O)OCC(O)COC(=O)/C=C/c2ccc(CO)c(OC)c2)cc1O. The molecule has 9 nitrogen and oxygen atoms in total. The maximum absolute atomic E-state index is 11.8. The highest BCUT2D eigenvalue weighted by atomic mass is 16.6. The predicted octanol–water partition coefficient (Wildman–Crippen LogP) is 2.08. The quantitative estimate of drug-likeness (QED) is 0.342. The number of methoxy groups -OCH3 is 2. The molecule has 0 saturated heterocycles. The van der Waals surface area contributed by atoms with E-state index < -0.39 is 18.0 Å². The second kappa shape index (κ2) is 12.9. The van der Waals surface area contributed by atoms with Crippen molar-refractivity contribution in [2.24, 2.45) is 0 Å². The highest BCUT2D eigenvalue weighted by Gasteiger charge is 2.10. The summed E-state index contributed by atoms with van der Waals surface area (Å²) in [5.74, 6) is -0.675. The highest BCUT2D eigenvalue weighted by molar-refractivity contribution is 5.87. The van der Waals surface area contributed by atoms with E-state index in [1.54, 1.807) is 30.3 Å². The van der Waals surface area contributed by atoms with E-state index in [1.807, 2.05) is 0 Å². The first-order valence-electron chi connectivity index (χ1n) is 9.88. The lowest BCUT2D eigenvalue weighted by Crippen LogP contribution is -2.24. The van der Waals surface area contributed by atoms with Crippen molar-refractivity contribution in [3.8, 4) is 17.2 Å². The molecule has 2 rings (SSSR count). The number of aliphatic hydroxyl groups excluding tert-OH is 2. The van der Waals surface area contributed by atoms with Gasteiger partial charge in [0.1, 0.15) is 25.1 Å². The smallest absolute Gasteiger partial charge is 0.330 e. The molecule has 0 aliphatic rings. The van der Waals surface area contributed by atoms with E-state index in [2.05, 4.69) is 0 Å². The van der Waals surface area contributed by atoms with Gasteiger partial charge in [-0.1, -0.05) is 18.2 Å². The maximum atomic E-state index is 11.8. The molecular weight excluding hydrogens is 432 g/mol. The first-order valence-corrected chi connectivity index (χ1v) is 9.88. The third-order valence-electron chi connectivity index (χ3n) is 4.34. The molecule has 3 N–H and O–H groups in total. The number of phenols is 1. The lowest BCUT2D eigenvalue weighted by atomic mass is 10.1. The van der Waals surface area contributed by atoms with Crippen molar-refractivity contribution >= 4 is 24.1 Å². The molecule has 176 valence electrons. The van der Waals surface area contributed by atoms with Crippen molar-refractivity contribution in [1.29, 1.82) is 0 Å². The number of carbonyl (C=O) groups is 2. The van der Waals surface area contributed by atoms with Gasteiger partial charge in [-0.2, -0.15) is 0 Å². The van der Waals surface area contributed by atoms with E-state index in [-0.39, 0.29) is 25.6 Å². The molecular formula is C24H26O9. The van der Waals surface area contributed by atoms with Gasteiger partial charge < -0.3 is 34.3 Å². The van der Waals surface area contributed by atoms with Crippen molar-refractivity contribution in [3.05, 3.63) is 65.2 Å². The monoisotopic (exact) mass is 458 g/mol. The number of phenolic OH excluding ortho intramolecular Hbond substituents is 1. The number of hydrogen-bond donors (Lipinski definition) is 3. The van der Waals surface area contributed by atoms with E-state index >= 15 is 0 Å². The maximum Gasteiger partial charge on any atom is 0.330 e. The first-order chi connectivity index (χ1) is 15.9. The Balaban J connectivity index is 1.75. The number of aliphatic hydroxyl groups is 2. The van der Waals surface area contributed by atoms with Crippen molar-refractivity contribution in [2.45, 2.75) is 12.7 Å². The summed E-state index contributed by atoms with van der Waals surface area (Å²) < 4.78 is 19.9. The summed E-state index contributed by atoms with van der Waals surface area (Å²) in [7, 11) is 2.90. The van der Waals surface area contributed by atoms with Gasteiger partial charge in [0.2, 0.25) is 0 Å². The van der Waals surface area contributed by atoms with E-state index in [9.17, 15) is 24.9 Å². The molecule has 1 unspecified atom stereocenters. The van der Waals surface area contributed by atoms with Crippen molar-refractivity contribution in [1.82, 2.24) is 0 Å². The summed E-state index contributed by atoms with van der Waals surface area (Å²) in [5.41, 5.74) is 1.83. The molecule has 0 spiro atoms. The van der Waals surface area contributed by atoms with Crippen LogP contribution in [0.25, 0.3) is 12.2 Å². The zero-order valence-corrected chi connectivity index (χ0v) is 18.3. The number of benzene rings is 2. The average Bonchev–Trinajstić information content (AvgIpc) is 2.83. The van der Waals surface area contributed by atoms with Crippen LogP contribution in [-0.4, -0.2) is 60.8 Å². The zero-order chi connectivity index (χ0) is 24.2. The number of carbonyl (C=O) groups excluding carboxylic acids is 2. The van der Waals surface area contributed by atoms with Gasteiger partial charge >= 0.3 is 11.9 Å². The Kier molecular flexibility index (Phi) is 9.94. The Bertz CT molecular complexity index is 1010. The van der Waals surface area contributed by atoms with Gasteiger partial charge in [-0.25, -0.2) is 9.59 Å². The summed E-state index contributed by atoms with van der Waals surface area (Å²) in [6, 6.07) is 9.64. The van der Waals surface area contributed by atoms with Crippen LogP contribution in [0.15, 0.2) is 48.6 Å². The number of esters is 2. The van der Waals surface area contributed by atoms with Crippen molar-refractivity contribution in [3.63, 3.8) is 0 Å². The van der Waals surface area contributed by atoms with E-state index in [0.29, 0.717) is 28.2 Å². The number of ether oxygens (including phenoxy) is 4. The summed E-state index contributed by atoms with van der Waals surface area (Å²) in [5, 5.41) is 28.8. The van der Waals surface area contributed by atoms with Crippen LogP contribution in [0, 0.1) is 0 Å². The van der Waals surface area contributed by atoms with E-state index in [0.717, 1.165) is 6.08 Å². The van der Waals surface area contributed by atoms with Crippen LogP contribution in [0.3, 0.4) is 0 Å². The van der Waals surface area contributed by atoms with Crippen LogP contribution < -0.4 is 9.47 Å². The molecule has 0 aliphatic carbocycles. The topological polar surface area (TPSA) is 132 Å². The van der Waals surface area contributed by atoms with Crippen LogP contribution in [0.4, 0.5) is 0 Å². The molecule has 0 heterocycles. The van der Waals surface area contributed by atoms with Gasteiger partial charge in [0.25, 0.3) is 0 Å². The van der Waals surface area contributed by atoms with Crippen LogP contribution in [0.2, 0.25) is 0 Å². The van der Waals surface area contributed by atoms with Gasteiger partial charge in [-0.3, -0.25) is 0 Å². The van der Waals surface area contributed by atoms with Gasteiger partial charge in [-0.05, 0) is 41.5 Å². The number of rotatable bonds is 11. The van der Waals surface area contributed by atoms with Gasteiger partial charge in [0.05, 0.1) is 20.8 Å². The standard InChI is InChI=1S/C24H26O9/c1-30-21-8-4-16(11-20(21)27)5-9-23(28)32-14-19(26)15-33-24(29)10-6-17-3-7-18(13-25)22(12-17)31-2/h3-12,19,25-27H,13-15H2,1-2H3/b9-5+,10-6+. The Morgan fingerprint density at radius 1 is 0.879 bits per heavy atom. The molecule has 2 aromatic carbocycles. The number of hydrogen-bond acceptors (Lipinski definition) is 9. The normalized spacial score (nSPS) is 12.0. The average molecular weight is 458 g/mol. The molecule has 9 heteroatoms. The van der Waals surface area contributed by atoms with Crippen LogP contribution in [0.1, 0.15) is 16.7 Å². The Morgan fingerprint density at radius 2 is 1.42 bits per heavy atom. The molecule has 1 atom stereocenters. The summed E-state index contributed by atoms with van der Waals surface area (Å²) >= 11 is 0. The van der Waals surface area contributed by atoms with Gasteiger partial charge in [0.15, 0.2) is 11.5 Å². The highest BCUT2D eigenvalue weighted by Crippen LogP contribution is 2.26. The molecule has 2 aromatic rings. The molecule has 0 aromatic heterocycles. The van der Waals surface area contributed by atoms with Gasteiger partial charge in [0, 0.05) is 17.7 Å². The van der Waals surface area contributed by atoms with E-state index in [4.69, 9.17) is 18.9 Å². The van der Waals surface area contributed by atoms with Crippen molar-refractivity contribution < 1.29 is 43.9 Å². The summed E-state index contributed by atoms with van der Waals surface area (Å²) in [6.07, 6.45) is 4.05. The lowest BCUT2D eigenvalue weighted by Gasteiger charge is -2.10.